The highest BCUT2D eigenvalue weighted by molar-refractivity contribution is 5.47. The molecule has 3 nitrogen and oxygen atoms in total. The molecule has 0 radical (unpaired) electrons. The number of piperazine rings is 1. The van der Waals surface area contributed by atoms with Gasteiger partial charge in [-0.25, -0.2) is 0 Å². The molecular weight excluding hydrogens is 231 g/mol. The fourth-order valence-electron chi connectivity index (χ4n) is 1.76. The van der Waals surface area contributed by atoms with Gasteiger partial charge in [-0.2, -0.15) is 13.2 Å². The maximum Gasteiger partial charge on any atom is 0.417 e. The van der Waals surface area contributed by atoms with E-state index in [0.717, 1.165) is 25.4 Å². The van der Waals surface area contributed by atoms with E-state index in [1.165, 1.54) is 6.20 Å². The summed E-state index contributed by atoms with van der Waals surface area (Å²) in [7, 11) is 3.79. The number of halogens is 3. The largest absolute Gasteiger partial charge is 0.456 e. The van der Waals surface area contributed by atoms with Crippen molar-refractivity contribution in [2.45, 2.75) is 6.18 Å². The van der Waals surface area contributed by atoms with Crippen molar-refractivity contribution < 1.29 is 13.2 Å². The van der Waals surface area contributed by atoms with Gasteiger partial charge in [-0.3, -0.25) is 12.0 Å². The highest BCUT2D eigenvalue weighted by Crippen LogP contribution is 2.30. The first-order valence-corrected chi connectivity index (χ1v) is 5.29. The molecule has 2 heterocycles. The summed E-state index contributed by atoms with van der Waals surface area (Å²) in [5, 5.41) is 0. The third-order valence-electron chi connectivity index (χ3n) is 2.79. The van der Waals surface area contributed by atoms with Crippen molar-refractivity contribution in [3.05, 3.63) is 31.1 Å². The van der Waals surface area contributed by atoms with Crippen molar-refractivity contribution in [3.8, 4) is 0 Å². The van der Waals surface area contributed by atoms with E-state index in [9.17, 15) is 13.2 Å². The molecule has 2 rings (SSSR count). The van der Waals surface area contributed by atoms with Crippen molar-refractivity contribution in [1.29, 1.82) is 0 Å². The first-order chi connectivity index (χ1) is 7.97. The van der Waals surface area contributed by atoms with Gasteiger partial charge in [-0.1, -0.05) is 0 Å². The minimum absolute atomic E-state index is 0.521. The maximum atomic E-state index is 12.5. The molecule has 0 amide bonds. The molecule has 17 heavy (non-hydrogen) atoms. The van der Waals surface area contributed by atoms with E-state index >= 15 is 0 Å². The minimum Gasteiger partial charge on any atom is -0.456 e. The number of aromatic nitrogens is 1. The lowest BCUT2D eigenvalue weighted by Gasteiger charge is -2.38. The predicted molar refractivity (Wildman–Crippen MR) is 58.4 cm³/mol. The van der Waals surface area contributed by atoms with Gasteiger partial charge in [-0.05, 0) is 19.2 Å². The lowest BCUT2D eigenvalue weighted by atomic mass is 10.2. The van der Waals surface area contributed by atoms with Crippen LogP contribution in [0, 0.1) is 7.05 Å². The standard InChI is InChI=1S/C11H13F3N3/c1-16-2-4-17(5-3-16)10-6-9(7-15-8-10)11(12,13)14/h6-8H,1-5H2/q-1. The number of hydrogen-bond acceptors (Lipinski definition) is 3. The van der Waals surface area contributed by atoms with Gasteiger partial charge in [0.25, 0.3) is 0 Å². The molecule has 1 aliphatic rings. The smallest absolute Gasteiger partial charge is 0.417 e. The molecule has 0 aromatic carbocycles. The van der Waals surface area contributed by atoms with Crippen LogP contribution >= 0.6 is 0 Å². The van der Waals surface area contributed by atoms with Crippen molar-refractivity contribution >= 4 is 5.69 Å². The maximum absolute atomic E-state index is 12.5. The molecule has 1 saturated heterocycles. The number of hydrogen-bond donors (Lipinski definition) is 0. The van der Waals surface area contributed by atoms with Gasteiger partial charge in [0.15, 0.2) is 0 Å². The number of nitrogens with zero attached hydrogens (tertiary/aromatic N) is 3. The van der Waals surface area contributed by atoms with Crippen molar-refractivity contribution in [2.75, 3.05) is 31.1 Å². The zero-order valence-electron chi connectivity index (χ0n) is 9.24. The number of alkyl halides is 3. The van der Waals surface area contributed by atoms with Crippen LogP contribution in [0.3, 0.4) is 0 Å². The van der Waals surface area contributed by atoms with Crippen LogP contribution in [0.2, 0.25) is 0 Å². The van der Waals surface area contributed by atoms with Gasteiger partial charge < -0.3 is 9.80 Å². The van der Waals surface area contributed by atoms with Crippen molar-refractivity contribution in [1.82, 2.24) is 9.88 Å². The lowest BCUT2D eigenvalue weighted by Crippen LogP contribution is -2.43. The summed E-state index contributed by atoms with van der Waals surface area (Å²) in [6, 6.07) is 1.14. The summed E-state index contributed by atoms with van der Waals surface area (Å²) in [5.41, 5.74) is -0.181. The molecule has 0 saturated carbocycles. The van der Waals surface area contributed by atoms with Crippen LogP contribution < -0.4 is 4.90 Å². The van der Waals surface area contributed by atoms with E-state index in [2.05, 4.69) is 12.0 Å². The molecule has 1 aromatic heterocycles. The second kappa shape index (κ2) is 4.52. The highest BCUT2D eigenvalue weighted by atomic mass is 19.4. The van der Waals surface area contributed by atoms with Crippen LogP contribution in [0.15, 0.2) is 18.5 Å². The molecule has 0 atom stereocenters. The van der Waals surface area contributed by atoms with E-state index in [-0.39, 0.29) is 0 Å². The monoisotopic (exact) mass is 244 g/mol. The second-order valence-electron chi connectivity index (χ2n) is 4.03. The topological polar surface area (TPSA) is 19.4 Å². The third-order valence-corrected chi connectivity index (χ3v) is 2.79. The SMILES string of the molecule is [CH2-]N1CCN(c2cncc(C(F)(F)F)c2)CC1. The summed E-state index contributed by atoms with van der Waals surface area (Å²) >= 11 is 0. The fraction of sp³-hybridized carbons (Fsp3) is 0.455. The zero-order chi connectivity index (χ0) is 12.5. The summed E-state index contributed by atoms with van der Waals surface area (Å²) in [6.07, 6.45) is -2.02. The second-order valence-corrected chi connectivity index (χ2v) is 4.03. The summed E-state index contributed by atoms with van der Waals surface area (Å²) in [4.78, 5) is 7.45. The Morgan fingerprint density at radius 1 is 1.12 bits per heavy atom. The molecule has 1 fully saturated rings. The third kappa shape index (κ3) is 2.88. The molecule has 1 aromatic rings. The zero-order valence-corrected chi connectivity index (χ0v) is 9.24. The van der Waals surface area contributed by atoms with Crippen molar-refractivity contribution in [3.63, 3.8) is 0 Å². The van der Waals surface area contributed by atoms with Crippen LogP contribution in [-0.2, 0) is 6.18 Å². The van der Waals surface area contributed by atoms with E-state index in [0.29, 0.717) is 18.8 Å². The quantitative estimate of drug-likeness (QED) is 0.704. The van der Waals surface area contributed by atoms with Crippen LogP contribution in [0.25, 0.3) is 0 Å². The van der Waals surface area contributed by atoms with Gasteiger partial charge in [0.05, 0.1) is 17.4 Å². The van der Waals surface area contributed by atoms with Gasteiger partial charge in [0.1, 0.15) is 0 Å². The van der Waals surface area contributed by atoms with E-state index in [1.54, 1.807) is 0 Å². The van der Waals surface area contributed by atoms with E-state index < -0.39 is 11.7 Å². The molecule has 0 aliphatic carbocycles. The molecule has 0 bridgehead atoms. The lowest BCUT2D eigenvalue weighted by molar-refractivity contribution is -0.137. The summed E-state index contributed by atoms with van der Waals surface area (Å²) in [6.45, 7) is 2.84. The molecule has 0 N–H and O–H groups in total. The predicted octanol–water partition coefficient (Wildman–Crippen LogP) is 2.01. The van der Waals surface area contributed by atoms with Crippen LogP contribution in [0.4, 0.5) is 18.9 Å². The van der Waals surface area contributed by atoms with Crippen molar-refractivity contribution in [2.24, 2.45) is 0 Å². The van der Waals surface area contributed by atoms with E-state index in [4.69, 9.17) is 0 Å². The normalized spacial score (nSPS) is 18.5. The Balaban J connectivity index is 2.16. The average Bonchev–Trinajstić information content (AvgIpc) is 2.29. The minimum atomic E-state index is -4.34. The number of rotatable bonds is 1. The molecule has 1 aliphatic heterocycles. The van der Waals surface area contributed by atoms with Crippen LogP contribution in [-0.4, -0.2) is 36.1 Å². The van der Waals surface area contributed by atoms with Gasteiger partial charge in [-0.15, -0.1) is 0 Å². The molecule has 94 valence electrons. The van der Waals surface area contributed by atoms with Gasteiger partial charge >= 0.3 is 6.18 Å². The Bertz CT molecular complexity index is 384. The fourth-order valence-corrected chi connectivity index (χ4v) is 1.76. The Hall–Kier alpha value is -1.30. The molecular formula is C11H13F3N3-. The Morgan fingerprint density at radius 3 is 2.35 bits per heavy atom. The Morgan fingerprint density at radius 2 is 1.76 bits per heavy atom. The molecule has 0 unspecified atom stereocenters. The van der Waals surface area contributed by atoms with E-state index in [1.807, 2.05) is 9.80 Å². The molecule has 6 heteroatoms. The highest BCUT2D eigenvalue weighted by Gasteiger charge is 2.31. The van der Waals surface area contributed by atoms with Crippen LogP contribution in [0.5, 0.6) is 0 Å². The molecule has 0 spiro atoms. The number of pyridine rings is 1. The number of anilines is 1. The Labute approximate surface area is 97.9 Å². The summed E-state index contributed by atoms with van der Waals surface area (Å²) in [5.74, 6) is 0. The van der Waals surface area contributed by atoms with Gasteiger partial charge in [0.2, 0.25) is 0 Å². The average molecular weight is 244 g/mol. The first-order valence-electron chi connectivity index (χ1n) is 5.29. The van der Waals surface area contributed by atoms with Crippen LogP contribution in [0.1, 0.15) is 5.56 Å². The Kier molecular flexibility index (Phi) is 3.24. The summed E-state index contributed by atoms with van der Waals surface area (Å²) < 4.78 is 37.6. The first kappa shape index (κ1) is 12.2. The van der Waals surface area contributed by atoms with Gasteiger partial charge in [0, 0.05) is 19.3 Å².